The van der Waals surface area contributed by atoms with Gasteiger partial charge in [-0.15, -0.1) is 0 Å². The van der Waals surface area contributed by atoms with E-state index in [2.05, 4.69) is 52.5 Å². The van der Waals surface area contributed by atoms with Crippen LogP contribution < -0.4 is 5.73 Å². The predicted molar refractivity (Wildman–Crippen MR) is 133 cm³/mol. The Morgan fingerprint density at radius 3 is 2.29 bits per heavy atom. The predicted octanol–water partition coefficient (Wildman–Crippen LogP) is 7.22. The first kappa shape index (κ1) is 24.3. The topological polar surface area (TPSA) is 66.5 Å². The zero-order valence-electron chi connectivity index (χ0n) is 19.8. The van der Waals surface area contributed by atoms with Crippen LogP contribution in [0.15, 0.2) is 54.3 Å². The van der Waals surface area contributed by atoms with Crippen LogP contribution in [-0.2, 0) is 6.42 Å². The Labute approximate surface area is 187 Å². The maximum Gasteiger partial charge on any atom is 0.126 e. The lowest BCUT2D eigenvalue weighted by molar-refractivity contribution is 0.445. The van der Waals surface area contributed by atoms with Gasteiger partial charge in [0, 0.05) is 23.2 Å². The van der Waals surface area contributed by atoms with Gasteiger partial charge in [-0.2, -0.15) is 0 Å². The second-order valence-electron chi connectivity index (χ2n) is 8.53. The van der Waals surface area contributed by atoms with Gasteiger partial charge < -0.3 is 15.9 Å². The summed E-state index contributed by atoms with van der Waals surface area (Å²) in [5, 5.41) is 20.5. The van der Waals surface area contributed by atoms with Crippen LogP contribution in [-0.4, -0.2) is 10.2 Å². The number of nitrogens with two attached hydrogens (primary N) is 1. The normalized spacial score (nSPS) is 12.5. The molecular formula is C28H37NO2. The molecule has 0 bridgehead atoms. The highest BCUT2D eigenvalue weighted by Crippen LogP contribution is 2.37. The number of phenolic OH excluding ortho intramolecular Hbond substituents is 2. The Kier molecular flexibility index (Phi) is 8.15. The van der Waals surface area contributed by atoms with Crippen LogP contribution in [0.5, 0.6) is 11.5 Å². The first-order chi connectivity index (χ1) is 14.6. The van der Waals surface area contributed by atoms with E-state index in [1.807, 2.05) is 26.0 Å². The van der Waals surface area contributed by atoms with Crippen molar-refractivity contribution in [1.29, 1.82) is 0 Å². The third-order valence-electron chi connectivity index (χ3n) is 6.24. The summed E-state index contributed by atoms with van der Waals surface area (Å²) in [6.07, 6.45) is 4.25. The number of hydrogen-bond acceptors (Lipinski definition) is 3. The summed E-state index contributed by atoms with van der Waals surface area (Å²) >= 11 is 0. The van der Waals surface area contributed by atoms with Crippen molar-refractivity contribution in [3.05, 3.63) is 82.1 Å². The Hall–Kier alpha value is -2.94. The van der Waals surface area contributed by atoms with Crippen molar-refractivity contribution in [3.63, 3.8) is 0 Å². The minimum absolute atomic E-state index is 0.0177. The molecule has 0 radical (unpaired) electrons. The maximum atomic E-state index is 10.4. The van der Waals surface area contributed by atoms with E-state index < -0.39 is 0 Å². The van der Waals surface area contributed by atoms with Crippen molar-refractivity contribution in [2.45, 2.75) is 66.7 Å². The lowest BCUT2D eigenvalue weighted by atomic mass is 9.85. The first-order valence-corrected chi connectivity index (χ1v) is 11.0. The fourth-order valence-corrected chi connectivity index (χ4v) is 3.99. The molecule has 2 rings (SSSR count). The molecule has 2 aromatic rings. The van der Waals surface area contributed by atoms with Gasteiger partial charge in [0.25, 0.3) is 0 Å². The number of rotatable bonds is 8. The summed E-state index contributed by atoms with van der Waals surface area (Å²) in [5.74, 6) is 0.251. The van der Waals surface area contributed by atoms with E-state index in [1.165, 1.54) is 28.3 Å². The minimum atomic E-state index is 0.0177. The van der Waals surface area contributed by atoms with Crippen LogP contribution in [0, 0.1) is 6.92 Å². The van der Waals surface area contributed by atoms with Gasteiger partial charge in [-0.05, 0) is 93.3 Å². The molecule has 1 unspecified atom stereocenters. The highest BCUT2D eigenvalue weighted by atomic mass is 16.3. The summed E-state index contributed by atoms with van der Waals surface area (Å²) in [6.45, 7) is 16.6. The van der Waals surface area contributed by atoms with Gasteiger partial charge in [-0.25, -0.2) is 0 Å². The van der Waals surface area contributed by atoms with Crippen molar-refractivity contribution in [2.24, 2.45) is 5.73 Å². The molecule has 2 aromatic carbocycles. The Morgan fingerprint density at radius 2 is 1.74 bits per heavy atom. The van der Waals surface area contributed by atoms with Gasteiger partial charge in [0.2, 0.25) is 0 Å². The van der Waals surface area contributed by atoms with Crippen LogP contribution in [0.2, 0.25) is 0 Å². The quantitative estimate of drug-likeness (QED) is 0.423. The Morgan fingerprint density at radius 1 is 1.06 bits per heavy atom. The molecule has 0 aliphatic heterocycles. The molecule has 3 heteroatoms. The van der Waals surface area contributed by atoms with Crippen molar-refractivity contribution in [1.82, 2.24) is 0 Å². The van der Waals surface area contributed by atoms with Gasteiger partial charge >= 0.3 is 0 Å². The van der Waals surface area contributed by atoms with E-state index in [0.717, 1.165) is 35.1 Å². The number of phenols is 2. The number of benzene rings is 2. The number of aryl methyl sites for hydroxylation is 2. The molecule has 0 aliphatic carbocycles. The van der Waals surface area contributed by atoms with Gasteiger partial charge in [0.05, 0.1) is 0 Å². The molecular weight excluding hydrogens is 382 g/mol. The van der Waals surface area contributed by atoms with Crippen LogP contribution in [0.25, 0.3) is 11.1 Å². The lowest BCUT2D eigenvalue weighted by Crippen LogP contribution is -2.10. The highest BCUT2D eigenvalue weighted by molar-refractivity contribution is 5.72. The highest BCUT2D eigenvalue weighted by Gasteiger charge is 2.18. The summed E-state index contributed by atoms with van der Waals surface area (Å²) in [7, 11) is 0. The van der Waals surface area contributed by atoms with E-state index in [4.69, 9.17) is 5.73 Å². The zero-order valence-corrected chi connectivity index (χ0v) is 19.8. The van der Waals surface area contributed by atoms with E-state index in [9.17, 15) is 10.2 Å². The third-order valence-corrected chi connectivity index (χ3v) is 6.24. The summed E-state index contributed by atoms with van der Waals surface area (Å²) in [4.78, 5) is 0. The monoisotopic (exact) mass is 419 g/mol. The Bertz CT molecular complexity index is 1020. The number of hydrogen-bond donors (Lipinski definition) is 3. The summed E-state index contributed by atoms with van der Waals surface area (Å²) < 4.78 is 0. The van der Waals surface area contributed by atoms with E-state index >= 15 is 0 Å². The molecule has 0 aromatic heterocycles. The van der Waals surface area contributed by atoms with Gasteiger partial charge in [0.1, 0.15) is 11.5 Å². The van der Waals surface area contributed by atoms with Crippen LogP contribution in [0.3, 0.4) is 0 Å². The first-order valence-electron chi connectivity index (χ1n) is 11.0. The van der Waals surface area contributed by atoms with Crippen molar-refractivity contribution in [3.8, 4) is 11.5 Å². The minimum Gasteiger partial charge on any atom is -0.508 e. The second kappa shape index (κ2) is 10.4. The van der Waals surface area contributed by atoms with Gasteiger partial charge in [0.15, 0.2) is 0 Å². The van der Waals surface area contributed by atoms with E-state index in [-0.39, 0.29) is 17.4 Å². The molecule has 0 heterocycles. The van der Waals surface area contributed by atoms with Crippen molar-refractivity contribution >= 4 is 11.1 Å². The molecule has 31 heavy (non-hydrogen) atoms. The molecule has 3 nitrogen and oxygen atoms in total. The molecule has 4 N–H and O–H groups in total. The smallest absolute Gasteiger partial charge is 0.126 e. The van der Waals surface area contributed by atoms with E-state index in [1.54, 1.807) is 0 Å². The standard InChI is InChI=1S/C28H37NO2/c1-8-21(26-14-22(9-2)27(30)16-28(26)31)12-13-24(20(7)29)23-11-10-18(5)25(15-23)19(6)17(3)4/h8,10-11,14-16,24,30-31H,7,9,12-13,29H2,1-6H3/b21-8+. The lowest BCUT2D eigenvalue weighted by Gasteiger charge is -2.21. The second-order valence-corrected chi connectivity index (χ2v) is 8.53. The molecule has 0 aliphatic rings. The van der Waals surface area contributed by atoms with E-state index in [0.29, 0.717) is 12.1 Å². The molecule has 0 saturated carbocycles. The SMILES string of the molecule is C=C(N)C(CC/C(=C\C)c1cc(CC)c(O)cc1O)c1ccc(C)c(C(C)=C(C)C)c1. The Balaban J connectivity index is 2.36. The molecule has 0 fully saturated rings. The average Bonchev–Trinajstić information content (AvgIpc) is 2.72. The molecule has 0 saturated heterocycles. The fraction of sp³-hybridized carbons (Fsp3) is 0.357. The maximum absolute atomic E-state index is 10.4. The van der Waals surface area contributed by atoms with Crippen molar-refractivity contribution < 1.29 is 10.2 Å². The largest absolute Gasteiger partial charge is 0.508 e. The molecule has 166 valence electrons. The van der Waals surface area contributed by atoms with Gasteiger partial charge in [-0.1, -0.05) is 43.4 Å². The summed E-state index contributed by atoms with van der Waals surface area (Å²) in [6, 6.07) is 9.86. The summed E-state index contributed by atoms with van der Waals surface area (Å²) in [5.41, 5.74) is 15.8. The van der Waals surface area contributed by atoms with Crippen molar-refractivity contribution in [2.75, 3.05) is 0 Å². The van der Waals surface area contributed by atoms with Gasteiger partial charge in [-0.3, -0.25) is 0 Å². The molecule has 1 atom stereocenters. The molecule has 0 spiro atoms. The zero-order chi connectivity index (χ0) is 23.3. The van der Waals surface area contributed by atoms with Crippen LogP contribution >= 0.6 is 0 Å². The van der Waals surface area contributed by atoms with Crippen LogP contribution in [0.1, 0.15) is 81.2 Å². The average molecular weight is 420 g/mol. The molecule has 0 amide bonds. The van der Waals surface area contributed by atoms with Crippen LogP contribution in [0.4, 0.5) is 0 Å². The third kappa shape index (κ3) is 5.61. The fourth-order valence-electron chi connectivity index (χ4n) is 3.99. The number of allylic oxidation sites excluding steroid dienone is 5. The number of aromatic hydroxyl groups is 2.